The van der Waals surface area contributed by atoms with Gasteiger partial charge in [0.2, 0.25) is 11.8 Å². The third-order valence-electron chi connectivity index (χ3n) is 6.31. The zero-order valence-corrected chi connectivity index (χ0v) is 18.8. The summed E-state index contributed by atoms with van der Waals surface area (Å²) < 4.78 is 19.6. The molecule has 2 aromatic carbocycles. The van der Waals surface area contributed by atoms with Gasteiger partial charge in [0.25, 0.3) is 5.69 Å². The van der Waals surface area contributed by atoms with Crippen molar-refractivity contribution in [2.24, 2.45) is 0 Å². The first-order valence-electron chi connectivity index (χ1n) is 11.6. The van der Waals surface area contributed by atoms with Crippen molar-refractivity contribution in [1.29, 1.82) is 0 Å². The Hall–Kier alpha value is -3.59. The van der Waals surface area contributed by atoms with Crippen LogP contribution in [0.15, 0.2) is 48.5 Å². The number of benzene rings is 2. The number of nitro groups is 1. The number of nitro benzene ring substituents is 1. The lowest BCUT2D eigenvalue weighted by molar-refractivity contribution is -0.384. The maximum absolute atomic E-state index is 13.4. The first-order valence-corrected chi connectivity index (χ1v) is 11.6. The summed E-state index contributed by atoms with van der Waals surface area (Å²) in [6.07, 6.45) is 4.22. The summed E-state index contributed by atoms with van der Waals surface area (Å²) in [5, 5.41) is 10.9. The molecule has 176 valence electrons. The Morgan fingerprint density at radius 1 is 0.971 bits per heavy atom. The monoisotopic (exact) mass is 463 g/mol. The number of hydrogen-bond donors (Lipinski definition) is 0. The predicted octanol–water partition coefficient (Wildman–Crippen LogP) is 4.86. The number of aromatic nitrogens is 2. The van der Waals surface area contributed by atoms with Gasteiger partial charge in [-0.25, -0.2) is 9.37 Å². The largest absolute Gasteiger partial charge is 0.438 e. The third kappa shape index (κ3) is 4.99. The molecule has 5 rings (SSSR count). The number of fused-ring (bicyclic) bond motifs is 1. The molecule has 0 radical (unpaired) electrons. The molecule has 0 atom stereocenters. The van der Waals surface area contributed by atoms with Gasteiger partial charge in [-0.1, -0.05) is 12.1 Å². The molecule has 8 nitrogen and oxygen atoms in total. The van der Waals surface area contributed by atoms with E-state index < -0.39 is 4.92 Å². The minimum absolute atomic E-state index is 0.0846. The molecule has 0 aliphatic carbocycles. The van der Waals surface area contributed by atoms with Crippen LogP contribution in [0.25, 0.3) is 0 Å². The molecule has 34 heavy (non-hydrogen) atoms. The molecule has 2 aliphatic heterocycles. The fourth-order valence-electron chi connectivity index (χ4n) is 4.48. The highest BCUT2D eigenvalue weighted by Crippen LogP contribution is 2.32. The maximum atomic E-state index is 13.4. The lowest BCUT2D eigenvalue weighted by atomic mass is 10.1. The van der Waals surface area contributed by atoms with Crippen molar-refractivity contribution >= 4 is 11.6 Å². The van der Waals surface area contributed by atoms with E-state index >= 15 is 0 Å². The predicted molar refractivity (Wildman–Crippen MR) is 125 cm³/mol. The normalized spacial score (nSPS) is 16.2. The molecule has 1 aromatic heterocycles. The number of hydrogen-bond acceptors (Lipinski definition) is 7. The molecule has 0 unspecified atom stereocenters. The first-order chi connectivity index (χ1) is 16.5. The summed E-state index contributed by atoms with van der Waals surface area (Å²) >= 11 is 0. The zero-order valence-electron chi connectivity index (χ0n) is 18.8. The second-order valence-corrected chi connectivity index (χ2v) is 8.74. The van der Waals surface area contributed by atoms with Gasteiger partial charge in [-0.05, 0) is 49.1 Å². The smallest absolute Gasteiger partial charge is 0.269 e. The van der Waals surface area contributed by atoms with E-state index in [2.05, 4.69) is 9.80 Å². The number of anilines is 1. The Morgan fingerprint density at radius 3 is 2.41 bits per heavy atom. The molecule has 3 aromatic rings. The van der Waals surface area contributed by atoms with E-state index in [1.165, 1.54) is 30.7 Å². The van der Waals surface area contributed by atoms with Crippen LogP contribution in [0.4, 0.5) is 16.0 Å². The number of non-ortho nitro benzene ring substituents is 1. The Bertz CT molecular complexity index is 1160. The summed E-state index contributed by atoms with van der Waals surface area (Å²) in [6.45, 7) is 3.93. The van der Waals surface area contributed by atoms with Gasteiger partial charge >= 0.3 is 0 Å². The molecular formula is C25H26FN5O3. The quantitative estimate of drug-likeness (QED) is 0.381. The van der Waals surface area contributed by atoms with Crippen LogP contribution in [0, 0.1) is 15.9 Å². The molecule has 0 N–H and O–H groups in total. The third-order valence-corrected chi connectivity index (χ3v) is 6.31. The minimum atomic E-state index is -0.392. The fraction of sp³-hybridized carbons (Fsp3) is 0.360. The minimum Gasteiger partial charge on any atom is -0.438 e. The van der Waals surface area contributed by atoms with E-state index in [0.29, 0.717) is 30.7 Å². The lowest BCUT2D eigenvalue weighted by Gasteiger charge is -2.32. The molecular weight excluding hydrogens is 437 g/mol. The van der Waals surface area contributed by atoms with Crippen molar-refractivity contribution in [2.75, 3.05) is 24.5 Å². The standard InChI is InChI=1S/C25H26FN5O3/c26-19-6-10-21(11-7-19)34-24-22-17-29(16-18-4-8-20(9-5-18)31(32)33)15-12-23(22)27-25(28-24)30-13-2-1-3-14-30/h4-11H,1-3,12-17H2. The van der Waals surface area contributed by atoms with Crippen LogP contribution in [0.1, 0.15) is 36.1 Å². The van der Waals surface area contributed by atoms with Crippen LogP contribution in [-0.2, 0) is 19.5 Å². The van der Waals surface area contributed by atoms with Gasteiger partial charge < -0.3 is 9.64 Å². The van der Waals surface area contributed by atoms with Crippen LogP contribution >= 0.6 is 0 Å². The fourth-order valence-corrected chi connectivity index (χ4v) is 4.48. The van der Waals surface area contributed by atoms with Crippen molar-refractivity contribution in [3.05, 3.63) is 81.3 Å². The second-order valence-electron chi connectivity index (χ2n) is 8.74. The van der Waals surface area contributed by atoms with E-state index in [9.17, 15) is 14.5 Å². The van der Waals surface area contributed by atoms with E-state index in [0.717, 1.165) is 55.7 Å². The number of ether oxygens (including phenoxy) is 1. The molecule has 2 aliphatic rings. The van der Waals surface area contributed by atoms with E-state index in [-0.39, 0.29) is 11.5 Å². The lowest BCUT2D eigenvalue weighted by Crippen LogP contribution is -2.34. The van der Waals surface area contributed by atoms with Gasteiger partial charge in [0.05, 0.1) is 16.2 Å². The van der Waals surface area contributed by atoms with Gasteiger partial charge in [0.15, 0.2) is 0 Å². The molecule has 0 bridgehead atoms. The summed E-state index contributed by atoms with van der Waals surface area (Å²) in [7, 11) is 0. The Kier molecular flexibility index (Phi) is 6.35. The highest BCUT2D eigenvalue weighted by Gasteiger charge is 2.26. The number of rotatable bonds is 6. The summed E-state index contributed by atoms with van der Waals surface area (Å²) in [4.78, 5) is 24.7. The van der Waals surface area contributed by atoms with Gasteiger partial charge in [0, 0.05) is 51.3 Å². The summed E-state index contributed by atoms with van der Waals surface area (Å²) in [5.41, 5.74) is 2.99. The van der Waals surface area contributed by atoms with E-state index in [1.807, 2.05) is 0 Å². The van der Waals surface area contributed by atoms with Gasteiger partial charge in [0.1, 0.15) is 11.6 Å². The van der Waals surface area contributed by atoms with Crippen LogP contribution < -0.4 is 9.64 Å². The molecule has 1 saturated heterocycles. The van der Waals surface area contributed by atoms with Crippen molar-refractivity contribution < 1.29 is 14.1 Å². The van der Waals surface area contributed by atoms with Crippen molar-refractivity contribution in [3.63, 3.8) is 0 Å². The van der Waals surface area contributed by atoms with Crippen LogP contribution in [0.2, 0.25) is 0 Å². The van der Waals surface area contributed by atoms with E-state index in [1.54, 1.807) is 24.3 Å². The number of piperidine rings is 1. The summed E-state index contributed by atoms with van der Waals surface area (Å²) in [5.74, 6) is 1.41. The van der Waals surface area contributed by atoms with Crippen molar-refractivity contribution in [2.45, 2.75) is 38.8 Å². The maximum Gasteiger partial charge on any atom is 0.269 e. The zero-order chi connectivity index (χ0) is 23.5. The van der Waals surface area contributed by atoms with Crippen molar-refractivity contribution in [1.82, 2.24) is 14.9 Å². The first kappa shape index (κ1) is 22.2. The number of halogens is 1. The molecule has 1 fully saturated rings. The average Bonchev–Trinajstić information content (AvgIpc) is 2.86. The molecule has 3 heterocycles. The topological polar surface area (TPSA) is 84.6 Å². The van der Waals surface area contributed by atoms with Crippen LogP contribution in [-0.4, -0.2) is 39.4 Å². The Balaban J connectivity index is 1.41. The van der Waals surface area contributed by atoms with Gasteiger partial charge in [-0.2, -0.15) is 4.98 Å². The highest BCUT2D eigenvalue weighted by molar-refractivity contribution is 5.44. The number of nitrogens with zero attached hydrogens (tertiary/aromatic N) is 5. The summed E-state index contributed by atoms with van der Waals surface area (Å²) in [6, 6.07) is 12.6. The van der Waals surface area contributed by atoms with Gasteiger partial charge in [-0.3, -0.25) is 15.0 Å². The van der Waals surface area contributed by atoms with Gasteiger partial charge in [-0.15, -0.1) is 0 Å². The Labute approximate surface area is 197 Å². The highest BCUT2D eigenvalue weighted by atomic mass is 19.1. The second kappa shape index (κ2) is 9.72. The van der Waals surface area contributed by atoms with E-state index in [4.69, 9.17) is 14.7 Å². The SMILES string of the molecule is O=[N+]([O-])c1ccc(CN2CCc3nc(N4CCCCC4)nc(Oc4ccc(F)cc4)c3C2)cc1. The molecule has 9 heteroatoms. The Morgan fingerprint density at radius 2 is 1.71 bits per heavy atom. The van der Waals surface area contributed by atoms with Crippen molar-refractivity contribution in [3.8, 4) is 11.6 Å². The molecule has 0 amide bonds. The van der Waals surface area contributed by atoms with Crippen LogP contribution in [0.5, 0.6) is 11.6 Å². The molecule has 0 spiro atoms. The average molecular weight is 464 g/mol. The molecule has 0 saturated carbocycles. The van der Waals surface area contributed by atoms with Crippen LogP contribution in [0.3, 0.4) is 0 Å².